The number of benzene rings is 2. The molecule has 1 aliphatic rings. The molecule has 3 heterocycles. The topological polar surface area (TPSA) is 195 Å². The largest absolute Gasteiger partial charge is 0.496 e. The maximum Gasteiger partial charge on any atom is 0.490 e. The van der Waals surface area contributed by atoms with Gasteiger partial charge in [-0.1, -0.05) is 38.0 Å². The van der Waals surface area contributed by atoms with Crippen LogP contribution in [0.4, 0.5) is 18.9 Å². The monoisotopic (exact) mass is 763 g/mol. The summed E-state index contributed by atoms with van der Waals surface area (Å²) in [6.07, 6.45) is -0.270. The highest BCUT2D eigenvalue weighted by Crippen LogP contribution is 2.39. The summed E-state index contributed by atoms with van der Waals surface area (Å²) in [7, 11) is -2.83. The van der Waals surface area contributed by atoms with Crippen molar-refractivity contribution >= 4 is 38.4 Å². The Morgan fingerprint density at radius 3 is 2.45 bits per heavy atom. The quantitative estimate of drug-likeness (QED) is 0.0704. The molecule has 0 aliphatic carbocycles. The first-order valence-electron chi connectivity index (χ1n) is 16.8. The highest BCUT2D eigenvalue weighted by atomic mass is 32.2. The number of carboxylic acid groups (broad SMARTS) is 1. The smallest absolute Gasteiger partial charge is 0.490 e. The number of Topliss-reactive ketones (excluding diaryl/α,β-unsaturated/α-hetero) is 1. The zero-order chi connectivity index (χ0) is 38.9. The number of nitrogens with zero attached hydrogens (tertiary/aromatic N) is 4. The third-order valence-electron chi connectivity index (χ3n) is 8.59. The van der Waals surface area contributed by atoms with Crippen LogP contribution in [0.1, 0.15) is 63.1 Å². The van der Waals surface area contributed by atoms with Crippen molar-refractivity contribution in [2.45, 2.75) is 69.5 Å². The molecule has 2 aromatic heterocycles. The third-order valence-corrected chi connectivity index (χ3v) is 10.5. The van der Waals surface area contributed by atoms with E-state index in [4.69, 9.17) is 19.1 Å². The second-order valence-corrected chi connectivity index (χ2v) is 14.3. The van der Waals surface area contributed by atoms with Gasteiger partial charge in [-0.2, -0.15) is 17.5 Å². The highest BCUT2D eigenvalue weighted by molar-refractivity contribution is 7.89. The first kappa shape index (κ1) is 40.8. The summed E-state index contributed by atoms with van der Waals surface area (Å²) in [5, 5.41) is 23.1. The van der Waals surface area contributed by atoms with Gasteiger partial charge in [0.25, 0.3) is 15.7 Å². The van der Waals surface area contributed by atoms with Crippen LogP contribution in [0.2, 0.25) is 0 Å². The van der Waals surface area contributed by atoms with Crippen LogP contribution in [-0.4, -0.2) is 77.4 Å². The lowest BCUT2D eigenvalue weighted by Gasteiger charge is -2.35. The molecule has 1 unspecified atom stereocenters. The van der Waals surface area contributed by atoms with Gasteiger partial charge in [0, 0.05) is 55.7 Å². The summed E-state index contributed by atoms with van der Waals surface area (Å²) in [6, 6.07) is 12.1. The number of oxazole rings is 1. The number of aliphatic carboxylic acids is 1. The number of carbonyl (C=O) groups excluding carboxylic acids is 1. The first-order valence-corrected chi connectivity index (χ1v) is 18.2. The number of nitro benzene ring substituents is 1. The number of carbonyl (C=O) groups is 2. The number of hydrogen-bond acceptors (Lipinski definition) is 11. The molecule has 286 valence electrons. The van der Waals surface area contributed by atoms with Gasteiger partial charge in [-0.15, -0.1) is 0 Å². The average molecular weight is 764 g/mol. The van der Waals surface area contributed by atoms with Gasteiger partial charge in [0.1, 0.15) is 17.6 Å². The van der Waals surface area contributed by atoms with E-state index in [1.807, 2.05) is 38.1 Å². The SMILES string of the molecule is CCC(=O)CCCCCC(c1ncc(-c2cc3ccc(C)nc3cc2OC)o1)N(CC1CNC1)S(=O)(=O)c1ccccc1[N+](=O)[O-].O=C(O)C(F)(F)F. The molecular formula is C35H40F3N5O9S. The number of nitrogens with one attached hydrogen (secondary N) is 1. The maximum atomic E-state index is 14.4. The molecule has 5 rings (SSSR count). The summed E-state index contributed by atoms with van der Waals surface area (Å²) < 4.78 is 73.8. The highest BCUT2D eigenvalue weighted by Gasteiger charge is 2.41. The Labute approximate surface area is 303 Å². The van der Waals surface area contributed by atoms with E-state index in [2.05, 4.69) is 15.3 Å². The van der Waals surface area contributed by atoms with Crippen molar-refractivity contribution in [2.24, 2.45) is 5.92 Å². The molecule has 0 saturated carbocycles. The van der Waals surface area contributed by atoms with Gasteiger partial charge in [-0.3, -0.25) is 19.9 Å². The lowest BCUT2D eigenvalue weighted by Crippen LogP contribution is -2.50. The number of ether oxygens (including phenoxy) is 1. The molecule has 2 aromatic carbocycles. The number of rotatable bonds is 16. The molecule has 1 atom stereocenters. The first-order chi connectivity index (χ1) is 25.1. The standard InChI is InChI=1S/C33H39N5O7S.C2HF3O2/c1-4-25(39)10-6-5-7-12-29(37(21-23-18-34-19-23)46(42,43)32-13-9-8-11-28(32)38(40)41)33-35-20-31(45-33)26-16-24-15-14-22(2)36-27(24)17-30(26)44-3;3-2(4,5)1(6)7/h8-9,11,13-17,20,23,29,34H,4-7,10,12,18-19,21H2,1-3H3;(H,6,7). The number of para-hydroxylation sites is 1. The predicted octanol–water partition coefficient (Wildman–Crippen LogP) is 6.63. The molecule has 1 fully saturated rings. The number of pyridine rings is 1. The number of halogens is 3. The van der Waals surface area contributed by atoms with Crippen molar-refractivity contribution in [3.05, 3.63) is 76.4 Å². The number of nitro groups is 1. The lowest BCUT2D eigenvalue weighted by molar-refractivity contribution is -0.387. The Balaban J connectivity index is 0.000000815. The number of alkyl halides is 3. The van der Waals surface area contributed by atoms with Gasteiger partial charge in [0.2, 0.25) is 5.89 Å². The summed E-state index contributed by atoms with van der Waals surface area (Å²) in [4.78, 5) is 40.8. The van der Waals surface area contributed by atoms with Gasteiger partial charge in [-0.05, 0) is 43.9 Å². The van der Waals surface area contributed by atoms with Crippen molar-refractivity contribution in [2.75, 3.05) is 26.7 Å². The fourth-order valence-corrected chi connectivity index (χ4v) is 7.51. The van der Waals surface area contributed by atoms with Crippen LogP contribution in [-0.2, 0) is 19.6 Å². The number of fused-ring (bicyclic) bond motifs is 1. The van der Waals surface area contributed by atoms with Crippen LogP contribution in [0.3, 0.4) is 0 Å². The number of methoxy groups -OCH3 is 1. The maximum absolute atomic E-state index is 14.4. The predicted molar refractivity (Wildman–Crippen MR) is 187 cm³/mol. The molecule has 0 bridgehead atoms. The van der Waals surface area contributed by atoms with Gasteiger partial charge in [0.05, 0.1) is 29.3 Å². The van der Waals surface area contributed by atoms with E-state index in [0.717, 1.165) is 16.6 Å². The van der Waals surface area contributed by atoms with Crippen LogP contribution >= 0.6 is 0 Å². The van der Waals surface area contributed by atoms with Crippen LogP contribution in [0.25, 0.3) is 22.2 Å². The second kappa shape index (κ2) is 17.7. The fourth-order valence-electron chi connectivity index (χ4n) is 5.66. The minimum atomic E-state index is -5.08. The molecule has 53 heavy (non-hydrogen) atoms. The molecule has 1 aliphatic heterocycles. The van der Waals surface area contributed by atoms with Gasteiger partial charge in [-0.25, -0.2) is 18.2 Å². The summed E-state index contributed by atoms with van der Waals surface area (Å²) in [5.41, 5.74) is 1.77. The number of carboxylic acids is 1. The van der Waals surface area contributed by atoms with E-state index in [1.54, 1.807) is 13.3 Å². The number of unbranched alkanes of at least 4 members (excludes halogenated alkanes) is 2. The Bertz CT molecular complexity index is 2030. The van der Waals surface area contributed by atoms with Gasteiger partial charge < -0.3 is 19.6 Å². The second-order valence-electron chi connectivity index (χ2n) is 12.4. The Morgan fingerprint density at radius 1 is 1.15 bits per heavy atom. The minimum Gasteiger partial charge on any atom is -0.496 e. The zero-order valence-corrected chi connectivity index (χ0v) is 30.1. The normalized spacial score (nSPS) is 13.9. The number of hydrogen-bond donors (Lipinski definition) is 2. The van der Waals surface area contributed by atoms with Gasteiger partial charge in [0.15, 0.2) is 10.7 Å². The van der Waals surface area contributed by atoms with Crippen LogP contribution < -0.4 is 10.1 Å². The van der Waals surface area contributed by atoms with Gasteiger partial charge >= 0.3 is 12.1 Å². The molecule has 1 saturated heterocycles. The van der Waals surface area contributed by atoms with Crippen molar-refractivity contribution in [1.29, 1.82) is 0 Å². The Kier molecular flexibility index (Phi) is 13.7. The third kappa shape index (κ3) is 10.4. The van der Waals surface area contributed by atoms with Crippen molar-refractivity contribution in [3.8, 4) is 17.1 Å². The van der Waals surface area contributed by atoms with Crippen LogP contribution in [0, 0.1) is 23.0 Å². The molecule has 4 aromatic rings. The molecule has 2 N–H and O–H groups in total. The molecular weight excluding hydrogens is 723 g/mol. The Hall–Kier alpha value is -4.94. The number of ketones is 1. The van der Waals surface area contributed by atoms with Crippen molar-refractivity contribution in [3.63, 3.8) is 0 Å². The molecule has 14 nitrogen and oxygen atoms in total. The number of sulfonamides is 1. The fraction of sp³-hybridized carbons (Fsp3) is 0.429. The van der Waals surface area contributed by atoms with E-state index in [-0.39, 0.29) is 29.0 Å². The molecule has 0 radical (unpaired) electrons. The van der Waals surface area contributed by atoms with Crippen LogP contribution in [0.15, 0.2) is 64.0 Å². The summed E-state index contributed by atoms with van der Waals surface area (Å²) in [5.74, 6) is -1.47. The summed E-state index contributed by atoms with van der Waals surface area (Å²) >= 11 is 0. The van der Waals surface area contributed by atoms with Crippen LogP contribution in [0.5, 0.6) is 5.75 Å². The molecule has 0 amide bonds. The van der Waals surface area contributed by atoms with Crippen molar-refractivity contribution < 1.29 is 50.4 Å². The van der Waals surface area contributed by atoms with E-state index in [9.17, 15) is 36.5 Å². The van der Waals surface area contributed by atoms with Crippen molar-refractivity contribution in [1.82, 2.24) is 19.6 Å². The zero-order valence-electron chi connectivity index (χ0n) is 29.3. The van der Waals surface area contributed by atoms with E-state index >= 15 is 0 Å². The molecule has 18 heteroatoms. The molecule has 0 spiro atoms. The van der Waals surface area contributed by atoms with E-state index in [0.29, 0.717) is 68.7 Å². The van der Waals surface area contributed by atoms with E-state index < -0.39 is 38.8 Å². The average Bonchev–Trinajstić information content (AvgIpc) is 3.58. The van der Waals surface area contributed by atoms with E-state index in [1.165, 1.54) is 28.6 Å². The number of aromatic nitrogens is 2. The number of aryl methyl sites for hydroxylation is 1. The summed E-state index contributed by atoms with van der Waals surface area (Å²) in [6.45, 7) is 5.11. The lowest BCUT2D eigenvalue weighted by atomic mass is 10.0. The Morgan fingerprint density at radius 2 is 1.85 bits per heavy atom. The minimum absolute atomic E-state index is 0.00758.